The quantitative estimate of drug-likeness (QED) is 0.799. The lowest BCUT2D eigenvalue weighted by molar-refractivity contribution is -0.134. The highest BCUT2D eigenvalue weighted by atomic mass is 32.2. The predicted molar refractivity (Wildman–Crippen MR) is 69.8 cm³/mol. The summed E-state index contributed by atoms with van der Waals surface area (Å²) in [6.45, 7) is 2.46. The van der Waals surface area contributed by atoms with Crippen molar-refractivity contribution in [3.63, 3.8) is 0 Å². The van der Waals surface area contributed by atoms with Crippen LogP contribution in [0.2, 0.25) is 0 Å². The lowest BCUT2D eigenvalue weighted by Crippen LogP contribution is -2.52. The van der Waals surface area contributed by atoms with Crippen LogP contribution in [-0.4, -0.2) is 48.9 Å². The van der Waals surface area contributed by atoms with E-state index in [1.54, 1.807) is 4.90 Å². The van der Waals surface area contributed by atoms with Crippen molar-refractivity contribution in [1.29, 1.82) is 0 Å². The van der Waals surface area contributed by atoms with E-state index in [1.165, 1.54) is 0 Å². The summed E-state index contributed by atoms with van der Waals surface area (Å²) in [7, 11) is -2.94. The molecule has 1 aliphatic heterocycles. The fraction of sp³-hybridized carbons (Fsp3) is 0.917. The highest BCUT2D eigenvalue weighted by molar-refractivity contribution is 7.91. The Morgan fingerprint density at radius 1 is 1.44 bits per heavy atom. The molecule has 0 bridgehead atoms. The van der Waals surface area contributed by atoms with Gasteiger partial charge in [-0.15, -0.1) is 0 Å². The highest BCUT2D eigenvalue weighted by Gasteiger charge is 2.39. The van der Waals surface area contributed by atoms with Crippen LogP contribution in [0.3, 0.4) is 0 Å². The van der Waals surface area contributed by atoms with Gasteiger partial charge >= 0.3 is 0 Å². The molecular formula is C12H22N2O3S. The van der Waals surface area contributed by atoms with Crippen LogP contribution in [0.15, 0.2) is 0 Å². The van der Waals surface area contributed by atoms with Crippen LogP contribution in [0.5, 0.6) is 0 Å². The fourth-order valence-electron chi connectivity index (χ4n) is 2.87. The number of nitrogens with two attached hydrogens (primary N) is 1. The van der Waals surface area contributed by atoms with E-state index < -0.39 is 9.84 Å². The van der Waals surface area contributed by atoms with Crippen molar-refractivity contribution in [3.05, 3.63) is 0 Å². The minimum Gasteiger partial charge on any atom is -0.339 e. The Morgan fingerprint density at radius 3 is 2.50 bits per heavy atom. The molecule has 2 fully saturated rings. The SMILES string of the molecule is CCN(C(=O)CC1(N)CCC1)C1CCS(=O)(=O)C1. The van der Waals surface area contributed by atoms with Crippen LogP contribution in [0, 0.1) is 0 Å². The van der Waals surface area contributed by atoms with Crippen molar-refractivity contribution in [3.8, 4) is 0 Å². The standard InChI is InChI=1S/C12H22N2O3S/c1-2-14(10-4-7-18(16,17)9-10)11(15)8-12(13)5-3-6-12/h10H,2-9,13H2,1H3. The molecule has 6 heteroatoms. The number of nitrogens with zero attached hydrogens (tertiary/aromatic N) is 1. The molecule has 5 nitrogen and oxygen atoms in total. The van der Waals surface area contributed by atoms with E-state index in [0.717, 1.165) is 19.3 Å². The van der Waals surface area contributed by atoms with E-state index in [-0.39, 0.29) is 29.0 Å². The molecule has 0 radical (unpaired) electrons. The largest absolute Gasteiger partial charge is 0.339 e. The van der Waals surface area contributed by atoms with E-state index in [1.807, 2.05) is 6.92 Å². The van der Waals surface area contributed by atoms with Gasteiger partial charge in [0.2, 0.25) is 5.91 Å². The molecule has 18 heavy (non-hydrogen) atoms. The third-order valence-corrected chi connectivity index (χ3v) is 5.91. The average Bonchev–Trinajstić information content (AvgIpc) is 2.57. The summed E-state index contributed by atoms with van der Waals surface area (Å²) in [6, 6.07) is -0.142. The van der Waals surface area contributed by atoms with Gasteiger partial charge in [-0.1, -0.05) is 0 Å². The predicted octanol–water partition coefficient (Wildman–Crippen LogP) is 0.294. The fourth-order valence-corrected chi connectivity index (χ4v) is 4.60. The Labute approximate surface area is 109 Å². The van der Waals surface area contributed by atoms with Gasteiger partial charge in [0.1, 0.15) is 0 Å². The van der Waals surface area contributed by atoms with Gasteiger partial charge in [0.15, 0.2) is 9.84 Å². The van der Waals surface area contributed by atoms with Gasteiger partial charge in [-0.25, -0.2) is 8.42 Å². The number of carbonyl (C=O) groups excluding carboxylic acids is 1. The monoisotopic (exact) mass is 274 g/mol. The van der Waals surface area contributed by atoms with E-state index in [9.17, 15) is 13.2 Å². The van der Waals surface area contributed by atoms with Gasteiger partial charge in [0.05, 0.1) is 11.5 Å². The second-order valence-electron chi connectivity index (χ2n) is 5.63. The van der Waals surface area contributed by atoms with Crippen LogP contribution in [0.25, 0.3) is 0 Å². The summed E-state index contributed by atoms with van der Waals surface area (Å²) >= 11 is 0. The molecule has 2 aliphatic rings. The van der Waals surface area contributed by atoms with Gasteiger partial charge in [-0.05, 0) is 32.6 Å². The molecule has 1 unspecified atom stereocenters. The lowest BCUT2D eigenvalue weighted by atomic mass is 9.75. The minimum absolute atomic E-state index is 0.0156. The number of rotatable bonds is 4. The maximum Gasteiger partial charge on any atom is 0.224 e. The number of hydrogen-bond donors (Lipinski definition) is 1. The van der Waals surface area contributed by atoms with Crippen LogP contribution in [-0.2, 0) is 14.6 Å². The van der Waals surface area contributed by atoms with Gasteiger partial charge < -0.3 is 10.6 Å². The Morgan fingerprint density at radius 2 is 2.11 bits per heavy atom. The molecular weight excluding hydrogens is 252 g/mol. The molecule has 0 aromatic rings. The average molecular weight is 274 g/mol. The maximum atomic E-state index is 12.2. The first-order valence-corrected chi connectivity index (χ1v) is 8.46. The molecule has 2 rings (SSSR count). The molecule has 1 heterocycles. The van der Waals surface area contributed by atoms with E-state index in [4.69, 9.17) is 5.73 Å². The summed E-state index contributed by atoms with van der Waals surface area (Å²) in [6.07, 6.45) is 3.82. The van der Waals surface area contributed by atoms with Gasteiger partial charge in [-0.3, -0.25) is 4.79 Å². The first-order valence-electron chi connectivity index (χ1n) is 6.64. The molecule has 1 amide bonds. The second kappa shape index (κ2) is 4.81. The number of amides is 1. The van der Waals surface area contributed by atoms with Crippen molar-refractivity contribution >= 4 is 15.7 Å². The zero-order valence-electron chi connectivity index (χ0n) is 10.9. The van der Waals surface area contributed by atoms with E-state index in [2.05, 4.69) is 0 Å². The normalized spacial score (nSPS) is 28.7. The Hall–Kier alpha value is -0.620. The van der Waals surface area contributed by atoms with E-state index in [0.29, 0.717) is 19.4 Å². The van der Waals surface area contributed by atoms with Crippen LogP contribution >= 0.6 is 0 Å². The van der Waals surface area contributed by atoms with Crippen LogP contribution in [0.1, 0.15) is 39.0 Å². The molecule has 1 saturated carbocycles. The van der Waals surface area contributed by atoms with Crippen molar-refractivity contribution in [2.24, 2.45) is 5.73 Å². The van der Waals surface area contributed by atoms with Crippen LogP contribution in [0.4, 0.5) is 0 Å². The molecule has 1 atom stereocenters. The molecule has 0 aromatic carbocycles. The van der Waals surface area contributed by atoms with E-state index >= 15 is 0 Å². The molecule has 1 aliphatic carbocycles. The van der Waals surface area contributed by atoms with Gasteiger partial charge in [0, 0.05) is 24.5 Å². The molecule has 0 aromatic heterocycles. The van der Waals surface area contributed by atoms with Crippen LogP contribution < -0.4 is 5.73 Å². The molecule has 104 valence electrons. The van der Waals surface area contributed by atoms with Gasteiger partial charge in [-0.2, -0.15) is 0 Å². The number of hydrogen-bond acceptors (Lipinski definition) is 4. The zero-order valence-corrected chi connectivity index (χ0v) is 11.7. The van der Waals surface area contributed by atoms with Crippen molar-refractivity contribution < 1.29 is 13.2 Å². The molecule has 2 N–H and O–H groups in total. The molecule has 0 spiro atoms. The molecule has 1 saturated heterocycles. The zero-order chi connectivity index (χ0) is 13.4. The number of sulfone groups is 1. The van der Waals surface area contributed by atoms with Crippen molar-refractivity contribution in [2.75, 3.05) is 18.1 Å². The Balaban J connectivity index is 1.98. The summed E-state index contributed by atoms with van der Waals surface area (Å²) in [4.78, 5) is 13.9. The first-order chi connectivity index (χ1) is 8.35. The first kappa shape index (κ1) is 13.8. The maximum absolute atomic E-state index is 12.2. The van der Waals surface area contributed by atoms with Crippen molar-refractivity contribution in [2.45, 2.75) is 50.6 Å². The van der Waals surface area contributed by atoms with Crippen molar-refractivity contribution in [1.82, 2.24) is 4.90 Å². The second-order valence-corrected chi connectivity index (χ2v) is 7.86. The lowest BCUT2D eigenvalue weighted by Gasteiger charge is -2.39. The third kappa shape index (κ3) is 2.85. The highest BCUT2D eigenvalue weighted by Crippen LogP contribution is 2.33. The topological polar surface area (TPSA) is 80.5 Å². The third-order valence-electron chi connectivity index (χ3n) is 4.16. The minimum atomic E-state index is -2.94. The Bertz CT molecular complexity index is 429. The summed E-state index contributed by atoms with van der Waals surface area (Å²) in [5.74, 6) is 0.334. The Kier molecular flexibility index (Phi) is 3.69. The van der Waals surface area contributed by atoms with Gasteiger partial charge in [0.25, 0.3) is 0 Å². The number of carbonyl (C=O) groups is 1. The summed E-state index contributed by atoms with van der Waals surface area (Å²) < 4.78 is 22.9. The summed E-state index contributed by atoms with van der Waals surface area (Å²) in [5.41, 5.74) is 5.75. The summed E-state index contributed by atoms with van der Waals surface area (Å²) in [5, 5.41) is 0. The smallest absolute Gasteiger partial charge is 0.224 e.